The molecule has 0 saturated heterocycles. The van der Waals surface area contributed by atoms with Gasteiger partial charge in [-0.1, -0.05) is 37.6 Å². The first-order chi connectivity index (χ1) is 11.8. The van der Waals surface area contributed by atoms with Crippen LogP contribution in [0.3, 0.4) is 0 Å². The molecule has 0 atom stereocenters. The number of halogens is 1. The summed E-state index contributed by atoms with van der Waals surface area (Å²) in [6.07, 6.45) is 0. The van der Waals surface area contributed by atoms with Crippen molar-refractivity contribution in [2.24, 2.45) is 5.92 Å². The molecular formula is C18H18ClN3O2S. The Balaban J connectivity index is 1.98. The molecule has 0 aliphatic rings. The maximum Gasteiger partial charge on any atom is 0.257 e. The van der Waals surface area contributed by atoms with Gasteiger partial charge in [-0.15, -0.1) is 0 Å². The molecule has 2 aromatic carbocycles. The summed E-state index contributed by atoms with van der Waals surface area (Å²) in [4.78, 5) is 23.9. The Labute approximate surface area is 156 Å². The molecule has 7 heteroatoms. The summed E-state index contributed by atoms with van der Waals surface area (Å²) in [7, 11) is 0. The van der Waals surface area contributed by atoms with Gasteiger partial charge in [0.2, 0.25) is 5.91 Å². The van der Waals surface area contributed by atoms with Gasteiger partial charge < -0.3 is 10.6 Å². The molecule has 0 radical (unpaired) electrons. The summed E-state index contributed by atoms with van der Waals surface area (Å²) in [5.74, 6) is -0.548. The van der Waals surface area contributed by atoms with Crippen molar-refractivity contribution in [2.45, 2.75) is 13.8 Å². The molecule has 2 aromatic rings. The fourth-order valence-electron chi connectivity index (χ4n) is 1.93. The fourth-order valence-corrected chi connectivity index (χ4v) is 2.33. The van der Waals surface area contributed by atoms with Crippen molar-refractivity contribution in [1.29, 1.82) is 0 Å². The average Bonchev–Trinajstić information content (AvgIpc) is 2.54. The highest BCUT2D eigenvalue weighted by Crippen LogP contribution is 2.16. The zero-order valence-corrected chi connectivity index (χ0v) is 15.4. The molecule has 0 aliphatic carbocycles. The van der Waals surface area contributed by atoms with Crippen LogP contribution in [0, 0.1) is 5.92 Å². The molecule has 0 unspecified atom stereocenters. The summed E-state index contributed by atoms with van der Waals surface area (Å²) in [5, 5.41) is 8.93. The smallest absolute Gasteiger partial charge is 0.257 e. The minimum Gasteiger partial charge on any atom is -0.332 e. The van der Waals surface area contributed by atoms with Gasteiger partial charge in [-0.05, 0) is 48.6 Å². The molecule has 0 spiro atoms. The number of hydrogen-bond acceptors (Lipinski definition) is 3. The highest BCUT2D eigenvalue weighted by atomic mass is 35.5. The summed E-state index contributed by atoms with van der Waals surface area (Å²) >= 11 is 11.0. The standard InChI is InChI=1S/C18H18ClN3O2S/c1-11(2)16(23)20-14-7-4-8-15(10-14)21-18(25)22-17(24)12-5-3-6-13(19)9-12/h3-11H,1-2H3,(H,20,23)(H2,21,22,24,25). The Morgan fingerprint density at radius 2 is 1.64 bits per heavy atom. The molecule has 130 valence electrons. The zero-order valence-electron chi connectivity index (χ0n) is 13.8. The van der Waals surface area contributed by atoms with E-state index in [1.54, 1.807) is 48.5 Å². The maximum atomic E-state index is 12.1. The molecule has 0 heterocycles. The summed E-state index contributed by atoms with van der Waals surface area (Å²) in [6, 6.07) is 13.6. The Morgan fingerprint density at radius 1 is 1.00 bits per heavy atom. The van der Waals surface area contributed by atoms with Crippen molar-refractivity contribution >= 4 is 52.1 Å². The molecule has 0 aromatic heterocycles. The molecule has 5 nitrogen and oxygen atoms in total. The fraction of sp³-hybridized carbons (Fsp3) is 0.167. The minimum atomic E-state index is -0.357. The zero-order chi connectivity index (χ0) is 18.4. The summed E-state index contributed by atoms with van der Waals surface area (Å²) in [5.41, 5.74) is 1.71. The Morgan fingerprint density at radius 3 is 2.28 bits per heavy atom. The van der Waals surface area contributed by atoms with E-state index in [2.05, 4.69) is 16.0 Å². The Hall–Kier alpha value is -2.44. The first-order valence-corrected chi connectivity index (χ1v) is 8.42. The number of carbonyl (C=O) groups is 2. The second kappa shape index (κ2) is 8.60. The van der Waals surface area contributed by atoms with Crippen molar-refractivity contribution < 1.29 is 9.59 Å². The van der Waals surface area contributed by atoms with Crippen LogP contribution in [0.5, 0.6) is 0 Å². The van der Waals surface area contributed by atoms with E-state index in [0.717, 1.165) is 0 Å². The predicted molar refractivity (Wildman–Crippen MR) is 105 cm³/mol. The van der Waals surface area contributed by atoms with Crippen LogP contribution in [0.2, 0.25) is 5.02 Å². The van der Waals surface area contributed by atoms with E-state index >= 15 is 0 Å². The van der Waals surface area contributed by atoms with E-state index in [4.69, 9.17) is 23.8 Å². The second-order valence-corrected chi connectivity index (χ2v) is 6.49. The normalized spacial score (nSPS) is 10.2. The van der Waals surface area contributed by atoms with Gasteiger partial charge in [0.15, 0.2) is 5.11 Å². The van der Waals surface area contributed by atoms with Crippen molar-refractivity contribution in [3.63, 3.8) is 0 Å². The van der Waals surface area contributed by atoms with Crippen molar-refractivity contribution in [2.75, 3.05) is 10.6 Å². The van der Waals surface area contributed by atoms with E-state index < -0.39 is 0 Å². The molecule has 3 N–H and O–H groups in total. The van der Waals surface area contributed by atoms with Gasteiger partial charge in [0, 0.05) is 27.9 Å². The van der Waals surface area contributed by atoms with Crippen molar-refractivity contribution in [3.05, 3.63) is 59.1 Å². The SMILES string of the molecule is CC(C)C(=O)Nc1cccc(NC(=S)NC(=O)c2cccc(Cl)c2)c1. The van der Waals surface area contributed by atoms with E-state index in [1.165, 1.54) is 0 Å². The number of nitrogens with one attached hydrogen (secondary N) is 3. The first-order valence-electron chi connectivity index (χ1n) is 7.64. The second-order valence-electron chi connectivity index (χ2n) is 5.64. The number of anilines is 2. The molecule has 0 saturated carbocycles. The number of amides is 2. The van der Waals surface area contributed by atoms with Gasteiger partial charge in [0.05, 0.1) is 0 Å². The van der Waals surface area contributed by atoms with Crippen LogP contribution in [-0.2, 0) is 4.79 Å². The van der Waals surface area contributed by atoms with Crippen LogP contribution in [0.15, 0.2) is 48.5 Å². The van der Waals surface area contributed by atoms with Crippen molar-refractivity contribution in [1.82, 2.24) is 5.32 Å². The topological polar surface area (TPSA) is 70.2 Å². The Kier molecular flexibility index (Phi) is 6.50. The van der Waals surface area contributed by atoms with Crippen LogP contribution in [0.4, 0.5) is 11.4 Å². The van der Waals surface area contributed by atoms with E-state index in [0.29, 0.717) is 22.0 Å². The lowest BCUT2D eigenvalue weighted by atomic mass is 10.2. The number of benzene rings is 2. The van der Waals surface area contributed by atoms with Crippen LogP contribution in [0.25, 0.3) is 0 Å². The lowest BCUT2D eigenvalue weighted by Gasteiger charge is -2.12. The van der Waals surface area contributed by atoms with Gasteiger partial charge in [-0.3, -0.25) is 14.9 Å². The van der Waals surface area contributed by atoms with Gasteiger partial charge in [0.1, 0.15) is 0 Å². The molecular weight excluding hydrogens is 358 g/mol. The first kappa shape index (κ1) is 18.9. The summed E-state index contributed by atoms with van der Waals surface area (Å²) in [6.45, 7) is 3.63. The number of carbonyl (C=O) groups excluding carboxylic acids is 2. The third-order valence-electron chi connectivity index (χ3n) is 3.23. The van der Waals surface area contributed by atoms with Gasteiger partial charge in [0.25, 0.3) is 5.91 Å². The van der Waals surface area contributed by atoms with Gasteiger partial charge in [-0.2, -0.15) is 0 Å². The summed E-state index contributed by atoms with van der Waals surface area (Å²) < 4.78 is 0. The van der Waals surface area contributed by atoms with Crippen molar-refractivity contribution in [3.8, 4) is 0 Å². The molecule has 0 aliphatic heterocycles. The molecule has 0 bridgehead atoms. The largest absolute Gasteiger partial charge is 0.332 e. The van der Waals surface area contributed by atoms with Crippen LogP contribution >= 0.6 is 23.8 Å². The van der Waals surface area contributed by atoms with E-state index in [-0.39, 0.29) is 22.8 Å². The van der Waals surface area contributed by atoms with Gasteiger partial charge in [-0.25, -0.2) is 0 Å². The van der Waals surface area contributed by atoms with Gasteiger partial charge >= 0.3 is 0 Å². The third-order valence-corrected chi connectivity index (χ3v) is 3.67. The average molecular weight is 376 g/mol. The predicted octanol–water partition coefficient (Wildman–Crippen LogP) is 4.06. The maximum absolute atomic E-state index is 12.1. The van der Waals surface area contributed by atoms with Crippen LogP contribution < -0.4 is 16.0 Å². The molecule has 25 heavy (non-hydrogen) atoms. The minimum absolute atomic E-state index is 0.0750. The third kappa shape index (κ3) is 5.85. The Bertz CT molecular complexity index is 808. The van der Waals surface area contributed by atoms with Crippen LogP contribution in [0.1, 0.15) is 24.2 Å². The van der Waals surface area contributed by atoms with E-state index in [9.17, 15) is 9.59 Å². The number of hydrogen-bond donors (Lipinski definition) is 3. The van der Waals surface area contributed by atoms with E-state index in [1.807, 2.05) is 13.8 Å². The number of rotatable bonds is 4. The lowest BCUT2D eigenvalue weighted by Crippen LogP contribution is -2.34. The highest BCUT2D eigenvalue weighted by Gasteiger charge is 2.10. The lowest BCUT2D eigenvalue weighted by molar-refractivity contribution is -0.118. The molecule has 0 fully saturated rings. The highest BCUT2D eigenvalue weighted by molar-refractivity contribution is 7.80. The quantitative estimate of drug-likeness (QED) is 0.705. The monoisotopic (exact) mass is 375 g/mol. The molecule has 2 rings (SSSR count). The van der Waals surface area contributed by atoms with Crippen LogP contribution in [-0.4, -0.2) is 16.9 Å². The molecule has 2 amide bonds. The number of thiocarbonyl (C=S) groups is 1.